The molecule has 4 amide bonds. The van der Waals surface area contributed by atoms with Gasteiger partial charge in [-0.05, 0) is 24.3 Å². The summed E-state index contributed by atoms with van der Waals surface area (Å²) in [6, 6.07) is 6.72. The number of halogens is 1. The number of nitrogen functional groups attached to an aromatic ring is 1. The number of nitrogens with zero attached hydrogens (tertiary/aromatic N) is 3. The zero-order valence-electron chi connectivity index (χ0n) is 14.2. The van der Waals surface area contributed by atoms with Crippen molar-refractivity contribution >= 4 is 41.7 Å². The molecular weight excluding hydrogens is 360 g/mol. The summed E-state index contributed by atoms with van der Waals surface area (Å²) in [4.78, 5) is 52.2. The fourth-order valence-corrected chi connectivity index (χ4v) is 3.00. The minimum atomic E-state index is -0.296. The Morgan fingerprint density at radius 2 is 1.38 bits per heavy atom. The fourth-order valence-electron chi connectivity index (χ4n) is 3.00. The van der Waals surface area contributed by atoms with Crippen LogP contribution >= 0.6 is 12.4 Å². The Morgan fingerprint density at radius 1 is 0.885 bits per heavy atom. The van der Waals surface area contributed by atoms with Crippen molar-refractivity contribution in [1.82, 2.24) is 14.7 Å². The molecular formula is C17H21ClN4O4. The third-order valence-corrected chi connectivity index (χ3v) is 4.53. The second-order valence-electron chi connectivity index (χ2n) is 6.17. The molecule has 2 saturated heterocycles. The molecule has 2 N–H and O–H groups in total. The first kappa shape index (κ1) is 19.7. The maximum absolute atomic E-state index is 12.4. The molecule has 2 heterocycles. The molecule has 0 aromatic heterocycles. The molecule has 1 aromatic rings. The summed E-state index contributed by atoms with van der Waals surface area (Å²) in [6.45, 7) is 1.39. The van der Waals surface area contributed by atoms with Crippen molar-refractivity contribution in [3.8, 4) is 0 Å². The van der Waals surface area contributed by atoms with Crippen molar-refractivity contribution < 1.29 is 19.2 Å². The molecule has 0 saturated carbocycles. The lowest BCUT2D eigenvalue weighted by Crippen LogP contribution is -2.53. The maximum Gasteiger partial charge on any atom is 0.253 e. The largest absolute Gasteiger partial charge is 0.399 e. The normalized spacial score (nSPS) is 17.3. The van der Waals surface area contributed by atoms with Gasteiger partial charge in [0.1, 0.15) is 6.54 Å². The number of hydrogen-bond acceptors (Lipinski definition) is 5. The average molecular weight is 381 g/mol. The van der Waals surface area contributed by atoms with Crippen LogP contribution in [-0.2, 0) is 14.4 Å². The van der Waals surface area contributed by atoms with Crippen molar-refractivity contribution in [2.45, 2.75) is 12.8 Å². The third-order valence-electron chi connectivity index (χ3n) is 4.53. The lowest BCUT2D eigenvalue weighted by molar-refractivity contribution is -0.146. The number of amides is 4. The Bertz CT molecular complexity index is 698. The van der Waals surface area contributed by atoms with Gasteiger partial charge < -0.3 is 15.5 Å². The number of carbonyl (C=O) groups excluding carboxylic acids is 4. The van der Waals surface area contributed by atoms with Crippen molar-refractivity contribution in [2.24, 2.45) is 0 Å². The van der Waals surface area contributed by atoms with Crippen molar-refractivity contribution in [3.63, 3.8) is 0 Å². The minimum absolute atomic E-state index is 0. The number of nitrogens with two attached hydrogens (primary N) is 1. The van der Waals surface area contributed by atoms with Crippen LogP contribution in [0.3, 0.4) is 0 Å². The molecule has 0 spiro atoms. The van der Waals surface area contributed by atoms with E-state index in [1.807, 2.05) is 0 Å². The number of rotatable bonds is 3. The Kier molecular flexibility index (Phi) is 6.20. The molecule has 0 aliphatic carbocycles. The van der Waals surface area contributed by atoms with Gasteiger partial charge in [0.05, 0.1) is 0 Å². The van der Waals surface area contributed by atoms with E-state index in [9.17, 15) is 19.2 Å². The Balaban J connectivity index is 0.00000243. The topological polar surface area (TPSA) is 104 Å². The average Bonchev–Trinajstić information content (AvgIpc) is 2.94. The van der Waals surface area contributed by atoms with Gasteiger partial charge in [0.2, 0.25) is 17.7 Å². The number of benzene rings is 1. The van der Waals surface area contributed by atoms with Crippen LogP contribution in [0.1, 0.15) is 23.2 Å². The van der Waals surface area contributed by atoms with E-state index in [1.165, 1.54) is 0 Å². The summed E-state index contributed by atoms with van der Waals surface area (Å²) in [6.07, 6.45) is 0.353. The first-order chi connectivity index (χ1) is 12.0. The van der Waals surface area contributed by atoms with Crippen LogP contribution in [0, 0.1) is 0 Å². The van der Waals surface area contributed by atoms with Gasteiger partial charge in [0, 0.05) is 50.3 Å². The molecule has 2 fully saturated rings. The van der Waals surface area contributed by atoms with Crippen LogP contribution in [-0.4, -0.2) is 71.1 Å². The number of piperazine rings is 1. The van der Waals surface area contributed by atoms with Gasteiger partial charge in [-0.1, -0.05) is 0 Å². The van der Waals surface area contributed by atoms with Crippen LogP contribution in [0.5, 0.6) is 0 Å². The minimum Gasteiger partial charge on any atom is -0.399 e. The van der Waals surface area contributed by atoms with Gasteiger partial charge in [0.25, 0.3) is 5.91 Å². The molecule has 26 heavy (non-hydrogen) atoms. The predicted molar refractivity (Wildman–Crippen MR) is 96.5 cm³/mol. The van der Waals surface area contributed by atoms with Crippen LogP contribution in [0.25, 0.3) is 0 Å². The van der Waals surface area contributed by atoms with Crippen molar-refractivity contribution in [1.29, 1.82) is 0 Å². The van der Waals surface area contributed by atoms with Crippen molar-refractivity contribution in [3.05, 3.63) is 29.8 Å². The summed E-state index contributed by atoms with van der Waals surface area (Å²) in [5.41, 5.74) is 6.78. The maximum atomic E-state index is 12.4. The van der Waals surface area contributed by atoms with Gasteiger partial charge in [-0.15, -0.1) is 12.4 Å². The molecule has 0 radical (unpaired) electrons. The highest BCUT2D eigenvalue weighted by Crippen LogP contribution is 2.14. The summed E-state index contributed by atoms with van der Waals surface area (Å²) in [5.74, 6) is -0.953. The highest BCUT2D eigenvalue weighted by atomic mass is 35.5. The van der Waals surface area contributed by atoms with Crippen LogP contribution in [0.2, 0.25) is 0 Å². The molecule has 3 rings (SSSR count). The summed E-state index contributed by atoms with van der Waals surface area (Å²) >= 11 is 0. The number of carbonyl (C=O) groups is 4. The fraction of sp³-hybridized carbons (Fsp3) is 0.412. The lowest BCUT2D eigenvalue weighted by atomic mass is 10.1. The van der Waals surface area contributed by atoms with Crippen molar-refractivity contribution in [2.75, 3.05) is 38.5 Å². The second kappa shape index (κ2) is 8.18. The monoisotopic (exact) mass is 380 g/mol. The number of anilines is 1. The first-order valence-corrected chi connectivity index (χ1v) is 8.21. The van der Waals surface area contributed by atoms with Gasteiger partial charge >= 0.3 is 0 Å². The lowest BCUT2D eigenvalue weighted by Gasteiger charge is -2.35. The molecule has 0 unspecified atom stereocenters. The van der Waals surface area contributed by atoms with E-state index in [2.05, 4.69) is 0 Å². The third kappa shape index (κ3) is 4.13. The molecule has 8 nitrogen and oxygen atoms in total. The molecule has 1 aromatic carbocycles. The highest BCUT2D eigenvalue weighted by Gasteiger charge is 2.33. The summed E-state index contributed by atoms with van der Waals surface area (Å²) in [5, 5.41) is 0. The first-order valence-electron chi connectivity index (χ1n) is 8.21. The van der Waals surface area contributed by atoms with E-state index >= 15 is 0 Å². The van der Waals surface area contributed by atoms with Gasteiger partial charge in [-0.2, -0.15) is 0 Å². The molecule has 2 aliphatic heterocycles. The zero-order chi connectivity index (χ0) is 18.0. The zero-order valence-corrected chi connectivity index (χ0v) is 15.0. The molecule has 0 atom stereocenters. The van der Waals surface area contributed by atoms with Gasteiger partial charge in [-0.25, -0.2) is 0 Å². The van der Waals surface area contributed by atoms with Gasteiger partial charge in [0.15, 0.2) is 0 Å². The van der Waals surface area contributed by atoms with Crippen LogP contribution < -0.4 is 5.73 Å². The summed E-state index contributed by atoms with van der Waals surface area (Å²) < 4.78 is 0. The second-order valence-corrected chi connectivity index (χ2v) is 6.17. The molecule has 140 valence electrons. The highest BCUT2D eigenvalue weighted by molar-refractivity contribution is 6.04. The Labute approximate surface area is 157 Å². The smallest absolute Gasteiger partial charge is 0.253 e. The predicted octanol–water partition coefficient (Wildman–Crippen LogP) is 0.124. The van der Waals surface area contributed by atoms with E-state index in [4.69, 9.17) is 5.73 Å². The number of likely N-dealkylation sites (tertiary alicyclic amines) is 1. The quantitative estimate of drug-likeness (QED) is 0.592. The van der Waals surface area contributed by atoms with E-state index in [-0.39, 0.29) is 55.4 Å². The van der Waals surface area contributed by atoms with E-state index in [1.54, 1.807) is 34.1 Å². The van der Waals surface area contributed by atoms with Crippen LogP contribution in [0.4, 0.5) is 5.69 Å². The van der Waals surface area contributed by atoms with Crippen LogP contribution in [0.15, 0.2) is 24.3 Å². The Morgan fingerprint density at radius 3 is 1.92 bits per heavy atom. The molecule has 2 aliphatic rings. The summed E-state index contributed by atoms with van der Waals surface area (Å²) in [7, 11) is 0. The van der Waals surface area contributed by atoms with E-state index < -0.39 is 0 Å². The van der Waals surface area contributed by atoms with Gasteiger partial charge in [-0.3, -0.25) is 24.1 Å². The molecule has 0 bridgehead atoms. The standard InChI is InChI=1S/C17H20N4O4.ClH/c18-13-3-1-12(2-4-13)17(25)20-9-7-19(8-10-20)16(24)11-21-14(22)5-6-15(21)23;/h1-4H,5-11,18H2;1H. The van der Waals surface area contributed by atoms with E-state index in [0.29, 0.717) is 37.4 Å². The SMILES string of the molecule is Cl.Nc1ccc(C(=O)N2CCN(C(=O)CN3C(=O)CCC3=O)CC2)cc1. The molecule has 9 heteroatoms. The Hall–Kier alpha value is -2.61. The number of imide groups is 1. The van der Waals surface area contributed by atoms with E-state index in [0.717, 1.165) is 4.90 Å². The number of hydrogen-bond donors (Lipinski definition) is 1.